The van der Waals surface area contributed by atoms with Crippen LogP contribution in [0.2, 0.25) is 0 Å². The first-order valence-electron chi connectivity index (χ1n) is 10.8. The van der Waals surface area contributed by atoms with Gasteiger partial charge in [-0.05, 0) is 39.2 Å². The summed E-state index contributed by atoms with van der Waals surface area (Å²) in [5.41, 5.74) is 0.358. The van der Waals surface area contributed by atoms with Crippen molar-refractivity contribution in [1.29, 1.82) is 0 Å². The molecule has 1 amide bonds. The lowest BCUT2D eigenvalue weighted by molar-refractivity contribution is -0.156. The number of carbonyl (C=O) groups excluding carboxylic acids is 2. The minimum atomic E-state index is -3.52. The van der Waals surface area contributed by atoms with Gasteiger partial charge in [0.1, 0.15) is 12.2 Å². The monoisotopic (exact) mass is 470 g/mol. The van der Waals surface area contributed by atoms with Gasteiger partial charge in [0.15, 0.2) is 0 Å². The van der Waals surface area contributed by atoms with Gasteiger partial charge in [0.25, 0.3) is 0 Å². The molecule has 1 saturated heterocycles. The lowest BCUT2D eigenvalue weighted by Crippen LogP contribution is -2.46. The molecule has 1 aromatic rings. The third-order valence-corrected chi connectivity index (χ3v) is 6.72. The fourth-order valence-electron chi connectivity index (χ4n) is 3.18. The fourth-order valence-corrected chi connectivity index (χ4v) is 4.62. The highest BCUT2D eigenvalue weighted by Crippen LogP contribution is 2.18. The molecule has 1 fully saturated rings. The molecule has 0 unspecified atom stereocenters. The molecular weight excluding hydrogens is 436 g/mol. The molecule has 0 aliphatic carbocycles. The number of benzene rings is 1. The Bertz CT molecular complexity index is 830. The van der Waals surface area contributed by atoms with Crippen LogP contribution in [0.15, 0.2) is 30.3 Å². The summed E-state index contributed by atoms with van der Waals surface area (Å²) < 4.78 is 43.3. The molecule has 1 heterocycles. The van der Waals surface area contributed by atoms with Crippen LogP contribution in [0.1, 0.15) is 45.6 Å². The van der Waals surface area contributed by atoms with Gasteiger partial charge in [0.2, 0.25) is 10.0 Å². The van der Waals surface area contributed by atoms with Crippen LogP contribution in [-0.4, -0.2) is 69.1 Å². The number of piperidine rings is 1. The van der Waals surface area contributed by atoms with Gasteiger partial charge < -0.3 is 19.1 Å². The zero-order chi connectivity index (χ0) is 23.6. The maximum atomic E-state index is 12.5. The lowest BCUT2D eigenvalue weighted by atomic mass is 10.1. The third-order valence-electron chi connectivity index (χ3n) is 4.76. The highest BCUT2D eigenvalue weighted by molar-refractivity contribution is 7.90. The van der Waals surface area contributed by atoms with Gasteiger partial charge in [0.05, 0.1) is 24.9 Å². The highest BCUT2D eigenvalue weighted by Gasteiger charge is 2.31. The van der Waals surface area contributed by atoms with E-state index >= 15 is 0 Å². The Morgan fingerprint density at radius 3 is 2.38 bits per heavy atom. The zero-order valence-corrected chi connectivity index (χ0v) is 19.9. The molecule has 0 spiro atoms. The van der Waals surface area contributed by atoms with Gasteiger partial charge in [-0.1, -0.05) is 30.3 Å². The SMILES string of the molecule is CC(C)(C)OC(=O)CCOCCNS(=O)(=O)C1CCN(C(=O)OCc2ccccc2)CC1. The number of ether oxygens (including phenoxy) is 3. The van der Waals surface area contributed by atoms with Crippen molar-refractivity contribution in [2.45, 2.75) is 57.5 Å². The summed E-state index contributed by atoms with van der Waals surface area (Å²) in [5, 5.41) is -0.567. The number of amides is 1. The maximum Gasteiger partial charge on any atom is 0.410 e. The van der Waals surface area contributed by atoms with Crippen LogP contribution in [0.5, 0.6) is 0 Å². The van der Waals surface area contributed by atoms with E-state index in [1.165, 1.54) is 4.90 Å². The number of likely N-dealkylation sites (tertiary alicyclic amines) is 1. The summed E-state index contributed by atoms with van der Waals surface area (Å²) in [4.78, 5) is 25.3. The van der Waals surface area contributed by atoms with Gasteiger partial charge in [-0.15, -0.1) is 0 Å². The second-order valence-electron chi connectivity index (χ2n) is 8.61. The van der Waals surface area contributed by atoms with Crippen molar-refractivity contribution in [2.24, 2.45) is 0 Å². The first kappa shape index (κ1) is 26.1. The molecule has 1 N–H and O–H groups in total. The topological polar surface area (TPSA) is 111 Å². The Balaban J connectivity index is 1.61. The van der Waals surface area contributed by atoms with Crippen molar-refractivity contribution < 1.29 is 32.2 Å². The lowest BCUT2D eigenvalue weighted by Gasteiger charge is -2.31. The number of nitrogens with one attached hydrogen (secondary N) is 1. The number of sulfonamides is 1. The predicted octanol–water partition coefficient (Wildman–Crippen LogP) is 2.46. The molecule has 1 aliphatic rings. The van der Waals surface area contributed by atoms with Crippen LogP contribution in [0.25, 0.3) is 0 Å². The van der Waals surface area contributed by atoms with E-state index in [2.05, 4.69) is 4.72 Å². The van der Waals surface area contributed by atoms with Crippen molar-refractivity contribution in [3.63, 3.8) is 0 Å². The summed E-state index contributed by atoms with van der Waals surface area (Å²) in [6.45, 7) is 6.66. The molecule has 10 heteroatoms. The molecule has 9 nitrogen and oxygen atoms in total. The van der Waals surface area contributed by atoms with Crippen molar-refractivity contribution in [3.8, 4) is 0 Å². The number of hydrogen-bond donors (Lipinski definition) is 1. The fraction of sp³-hybridized carbons (Fsp3) is 0.636. The van der Waals surface area contributed by atoms with Gasteiger partial charge in [-0.2, -0.15) is 0 Å². The van der Waals surface area contributed by atoms with Crippen molar-refractivity contribution in [2.75, 3.05) is 32.8 Å². The van der Waals surface area contributed by atoms with Gasteiger partial charge >= 0.3 is 12.1 Å². The highest BCUT2D eigenvalue weighted by atomic mass is 32.2. The summed E-state index contributed by atoms with van der Waals surface area (Å²) in [6.07, 6.45) is 0.365. The van der Waals surface area contributed by atoms with Crippen molar-refractivity contribution in [1.82, 2.24) is 9.62 Å². The maximum absolute atomic E-state index is 12.5. The summed E-state index contributed by atoms with van der Waals surface area (Å²) in [7, 11) is -3.52. The summed E-state index contributed by atoms with van der Waals surface area (Å²) >= 11 is 0. The Morgan fingerprint density at radius 1 is 1.09 bits per heavy atom. The van der Waals surface area contributed by atoms with Crippen LogP contribution in [0.3, 0.4) is 0 Å². The van der Waals surface area contributed by atoms with E-state index in [1.54, 1.807) is 20.8 Å². The molecule has 1 aromatic carbocycles. The second-order valence-corrected chi connectivity index (χ2v) is 10.7. The molecule has 32 heavy (non-hydrogen) atoms. The molecular formula is C22H34N2O7S. The Kier molecular flexibility index (Phi) is 9.92. The van der Waals surface area contributed by atoms with E-state index in [0.717, 1.165) is 5.56 Å². The van der Waals surface area contributed by atoms with E-state index in [9.17, 15) is 18.0 Å². The molecule has 2 rings (SSSR count). The third kappa shape index (κ3) is 9.54. The molecule has 1 aliphatic heterocycles. The van der Waals surface area contributed by atoms with E-state index in [0.29, 0.717) is 25.9 Å². The van der Waals surface area contributed by atoms with E-state index in [-0.39, 0.29) is 38.8 Å². The first-order chi connectivity index (χ1) is 15.1. The summed E-state index contributed by atoms with van der Waals surface area (Å²) in [6, 6.07) is 9.38. The molecule has 0 aromatic heterocycles. The second kappa shape index (κ2) is 12.2. The Labute approximate surface area is 190 Å². The smallest absolute Gasteiger partial charge is 0.410 e. The van der Waals surface area contributed by atoms with E-state index in [1.807, 2.05) is 30.3 Å². The normalized spacial score (nSPS) is 15.4. The average Bonchev–Trinajstić information content (AvgIpc) is 2.74. The standard InChI is InChI=1S/C22H34N2O7S/c1-22(2,3)31-20(25)11-15-29-16-12-23-32(27,28)19-9-13-24(14-10-19)21(26)30-17-18-7-5-4-6-8-18/h4-8,19,23H,9-17H2,1-3H3. The van der Waals surface area contributed by atoms with Crippen LogP contribution in [-0.2, 0) is 35.6 Å². The van der Waals surface area contributed by atoms with E-state index < -0.39 is 27.0 Å². The molecule has 180 valence electrons. The average molecular weight is 471 g/mol. The number of carbonyl (C=O) groups is 2. The van der Waals surface area contributed by atoms with Crippen LogP contribution < -0.4 is 4.72 Å². The van der Waals surface area contributed by atoms with Crippen LogP contribution in [0.4, 0.5) is 4.79 Å². The number of nitrogens with zero attached hydrogens (tertiary/aromatic N) is 1. The largest absolute Gasteiger partial charge is 0.460 e. The minimum absolute atomic E-state index is 0.114. The zero-order valence-electron chi connectivity index (χ0n) is 19.0. The molecule has 0 atom stereocenters. The number of rotatable bonds is 10. The summed E-state index contributed by atoms with van der Waals surface area (Å²) in [5.74, 6) is -0.355. The van der Waals surface area contributed by atoms with E-state index in [4.69, 9.17) is 14.2 Å². The van der Waals surface area contributed by atoms with Crippen LogP contribution >= 0.6 is 0 Å². The predicted molar refractivity (Wildman–Crippen MR) is 119 cm³/mol. The van der Waals surface area contributed by atoms with Gasteiger partial charge in [-0.3, -0.25) is 4.79 Å². The van der Waals surface area contributed by atoms with Gasteiger partial charge in [-0.25, -0.2) is 17.9 Å². The minimum Gasteiger partial charge on any atom is -0.460 e. The molecule has 0 saturated carbocycles. The number of hydrogen-bond acceptors (Lipinski definition) is 7. The first-order valence-corrected chi connectivity index (χ1v) is 12.4. The molecule has 0 bridgehead atoms. The molecule has 0 radical (unpaired) electrons. The Hall–Kier alpha value is -2.17. The van der Waals surface area contributed by atoms with Gasteiger partial charge in [0, 0.05) is 19.6 Å². The number of esters is 1. The van der Waals surface area contributed by atoms with Crippen molar-refractivity contribution in [3.05, 3.63) is 35.9 Å². The van der Waals surface area contributed by atoms with Crippen LogP contribution in [0, 0.1) is 0 Å². The Morgan fingerprint density at radius 2 is 1.75 bits per heavy atom. The quantitative estimate of drug-likeness (QED) is 0.413. The van der Waals surface area contributed by atoms with Crippen molar-refractivity contribution >= 4 is 22.1 Å².